The molecule has 88 valence electrons. The number of hydrogen-bond acceptors (Lipinski definition) is 0. The minimum Gasteiger partial charge on any atom is -0.0836 e. The predicted molar refractivity (Wildman–Crippen MR) is 76.9 cm³/mol. The molecule has 16 heavy (non-hydrogen) atoms. The van der Waals surface area contributed by atoms with Gasteiger partial charge in [-0.05, 0) is 41.9 Å². The van der Waals surface area contributed by atoms with Crippen molar-refractivity contribution in [2.24, 2.45) is 11.3 Å². The molecule has 0 saturated heterocycles. The van der Waals surface area contributed by atoms with E-state index in [-0.39, 0.29) is 0 Å². The summed E-state index contributed by atoms with van der Waals surface area (Å²) in [5.74, 6) is 0.758. The van der Waals surface area contributed by atoms with Crippen molar-refractivity contribution in [2.75, 3.05) is 0 Å². The number of rotatable bonds is 2. The van der Waals surface area contributed by atoms with E-state index in [1.54, 1.807) is 0 Å². The molecular weight excluding hydrogens is 328 g/mol. The number of benzene rings is 1. The lowest BCUT2D eigenvalue weighted by Crippen LogP contribution is -2.21. The maximum atomic E-state index is 3.90. The van der Waals surface area contributed by atoms with Crippen molar-refractivity contribution in [3.8, 4) is 0 Å². The third kappa shape index (κ3) is 2.53. The summed E-state index contributed by atoms with van der Waals surface area (Å²) in [5.41, 5.74) is 1.88. The van der Waals surface area contributed by atoms with Crippen LogP contribution in [-0.4, -0.2) is 0 Å². The normalized spacial score (nSPS) is 25.6. The highest BCUT2D eigenvalue weighted by molar-refractivity contribution is 9.10. The van der Waals surface area contributed by atoms with Crippen LogP contribution in [0.1, 0.15) is 43.5 Å². The highest BCUT2D eigenvalue weighted by atomic mass is 79.9. The standard InChI is InChI=1S/C14H18Br2/c1-14(2)9-3-4-12(14)13(16)10-5-7-11(15)8-6-10/h5-8,12-13H,3-4,9H2,1-2H3. The molecule has 2 unspecified atom stereocenters. The number of halogens is 2. The molecule has 0 nitrogen and oxygen atoms in total. The Hall–Kier alpha value is 0.180. The summed E-state index contributed by atoms with van der Waals surface area (Å²) in [5, 5.41) is 0. The first-order chi connectivity index (χ1) is 7.50. The Balaban J connectivity index is 2.18. The molecular formula is C14H18Br2. The molecule has 0 aromatic heterocycles. The Bertz CT molecular complexity index is 354. The van der Waals surface area contributed by atoms with E-state index in [1.165, 1.54) is 24.8 Å². The van der Waals surface area contributed by atoms with Crippen LogP contribution in [0.4, 0.5) is 0 Å². The molecule has 1 aliphatic rings. The van der Waals surface area contributed by atoms with Crippen LogP contribution < -0.4 is 0 Å². The molecule has 0 spiro atoms. The molecule has 0 amide bonds. The van der Waals surface area contributed by atoms with Crippen molar-refractivity contribution < 1.29 is 0 Å². The van der Waals surface area contributed by atoms with Gasteiger partial charge in [0.05, 0.1) is 0 Å². The van der Waals surface area contributed by atoms with Gasteiger partial charge in [0.1, 0.15) is 0 Å². The van der Waals surface area contributed by atoms with Crippen molar-refractivity contribution in [2.45, 2.75) is 37.9 Å². The molecule has 0 N–H and O–H groups in total. The average Bonchev–Trinajstić information content (AvgIpc) is 2.58. The van der Waals surface area contributed by atoms with E-state index in [0.717, 1.165) is 10.4 Å². The van der Waals surface area contributed by atoms with Crippen molar-refractivity contribution in [3.05, 3.63) is 34.3 Å². The Morgan fingerprint density at radius 3 is 2.38 bits per heavy atom. The molecule has 1 fully saturated rings. The first-order valence-corrected chi connectivity index (χ1v) is 7.61. The van der Waals surface area contributed by atoms with Gasteiger partial charge in [-0.2, -0.15) is 0 Å². The molecule has 1 aromatic carbocycles. The molecule has 2 atom stereocenters. The van der Waals surface area contributed by atoms with Crippen LogP contribution in [0.2, 0.25) is 0 Å². The van der Waals surface area contributed by atoms with E-state index in [9.17, 15) is 0 Å². The SMILES string of the molecule is CC1(C)CCCC1C(Br)c1ccc(Br)cc1. The second kappa shape index (κ2) is 4.81. The van der Waals surface area contributed by atoms with Gasteiger partial charge in [0.2, 0.25) is 0 Å². The summed E-state index contributed by atoms with van der Waals surface area (Å²) >= 11 is 7.38. The summed E-state index contributed by atoms with van der Waals surface area (Å²) in [6.45, 7) is 4.80. The van der Waals surface area contributed by atoms with Gasteiger partial charge < -0.3 is 0 Å². The summed E-state index contributed by atoms with van der Waals surface area (Å²) < 4.78 is 1.15. The zero-order valence-electron chi connectivity index (χ0n) is 9.84. The zero-order chi connectivity index (χ0) is 11.8. The first-order valence-electron chi connectivity index (χ1n) is 5.90. The largest absolute Gasteiger partial charge is 0.0836 e. The molecule has 1 saturated carbocycles. The zero-order valence-corrected chi connectivity index (χ0v) is 13.0. The van der Waals surface area contributed by atoms with Crippen LogP contribution in [0.3, 0.4) is 0 Å². The van der Waals surface area contributed by atoms with Crippen LogP contribution in [0.15, 0.2) is 28.7 Å². The maximum absolute atomic E-state index is 3.90. The summed E-state index contributed by atoms with van der Waals surface area (Å²) in [6, 6.07) is 8.70. The average molecular weight is 346 g/mol. The van der Waals surface area contributed by atoms with Gasteiger partial charge in [-0.1, -0.05) is 64.3 Å². The Kier molecular flexibility index (Phi) is 3.80. The highest BCUT2D eigenvalue weighted by Crippen LogP contribution is 2.51. The van der Waals surface area contributed by atoms with Gasteiger partial charge in [0, 0.05) is 9.30 Å². The summed E-state index contributed by atoms with van der Waals surface area (Å²) in [6.07, 6.45) is 4.07. The fourth-order valence-electron chi connectivity index (χ4n) is 2.78. The van der Waals surface area contributed by atoms with E-state index < -0.39 is 0 Å². The van der Waals surface area contributed by atoms with Crippen molar-refractivity contribution >= 4 is 31.9 Å². The third-order valence-corrected chi connectivity index (χ3v) is 5.58. The van der Waals surface area contributed by atoms with Gasteiger partial charge in [-0.3, -0.25) is 0 Å². The van der Waals surface area contributed by atoms with Crippen LogP contribution in [0.5, 0.6) is 0 Å². The quantitative estimate of drug-likeness (QED) is 0.602. The molecule has 0 heterocycles. The minimum atomic E-state index is 0.473. The Morgan fingerprint density at radius 1 is 1.25 bits per heavy atom. The molecule has 0 aliphatic heterocycles. The Morgan fingerprint density at radius 2 is 1.88 bits per heavy atom. The van der Waals surface area contributed by atoms with Crippen LogP contribution >= 0.6 is 31.9 Å². The maximum Gasteiger partial charge on any atom is 0.0428 e. The fraction of sp³-hybridized carbons (Fsp3) is 0.571. The predicted octanol–water partition coefficient (Wildman–Crippen LogP) is 5.71. The first kappa shape index (κ1) is 12.6. The second-order valence-electron chi connectivity index (χ2n) is 5.44. The van der Waals surface area contributed by atoms with Crippen LogP contribution in [-0.2, 0) is 0 Å². The molecule has 0 radical (unpaired) electrons. The third-order valence-electron chi connectivity index (χ3n) is 3.88. The van der Waals surface area contributed by atoms with Crippen molar-refractivity contribution in [1.29, 1.82) is 0 Å². The molecule has 2 heteroatoms. The van der Waals surface area contributed by atoms with Crippen molar-refractivity contribution in [3.63, 3.8) is 0 Å². The Labute approximate surface area is 115 Å². The van der Waals surface area contributed by atoms with Gasteiger partial charge in [0.25, 0.3) is 0 Å². The molecule has 1 aliphatic carbocycles. The van der Waals surface area contributed by atoms with Gasteiger partial charge >= 0.3 is 0 Å². The van der Waals surface area contributed by atoms with E-state index in [1.807, 2.05) is 0 Å². The van der Waals surface area contributed by atoms with E-state index in [4.69, 9.17) is 0 Å². The number of alkyl halides is 1. The van der Waals surface area contributed by atoms with E-state index >= 15 is 0 Å². The van der Waals surface area contributed by atoms with E-state index in [2.05, 4.69) is 70.0 Å². The molecule has 2 rings (SSSR count). The minimum absolute atomic E-state index is 0.473. The number of hydrogen-bond donors (Lipinski definition) is 0. The fourth-order valence-corrected chi connectivity index (χ4v) is 4.32. The van der Waals surface area contributed by atoms with Gasteiger partial charge in [-0.25, -0.2) is 0 Å². The summed E-state index contributed by atoms with van der Waals surface area (Å²) in [4.78, 5) is 0.498. The van der Waals surface area contributed by atoms with Crippen LogP contribution in [0.25, 0.3) is 0 Å². The molecule has 0 bridgehead atoms. The smallest absolute Gasteiger partial charge is 0.0428 e. The topological polar surface area (TPSA) is 0 Å². The molecule has 1 aromatic rings. The van der Waals surface area contributed by atoms with E-state index in [0.29, 0.717) is 10.2 Å². The summed E-state index contributed by atoms with van der Waals surface area (Å²) in [7, 11) is 0. The van der Waals surface area contributed by atoms with Gasteiger partial charge in [-0.15, -0.1) is 0 Å². The van der Waals surface area contributed by atoms with Gasteiger partial charge in [0.15, 0.2) is 0 Å². The lowest BCUT2D eigenvalue weighted by Gasteiger charge is -2.31. The highest BCUT2D eigenvalue weighted by Gasteiger charge is 2.38. The van der Waals surface area contributed by atoms with Crippen molar-refractivity contribution in [1.82, 2.24) is 0 Å². The lowest BCUT2D eigenvalue weighted by atomic mass is 9.78. The lowest BCUT2D eigenvalue weighted by molar-refractivity contribution is 0.257. The monoisotopic (exact) mass is 344 g/mol. The second-order valence-corrected chi connectivity index (χ2v) is 7.34. The van der Waals surface area contributed by atoms with Crippen LogP contribution in [0, 0.1) is 11.3 Å².